The van der Waals surface area contributed by atoms with E-state index in [0.717, 1.165) is 36.8 Å². The Labute approximate surface area is 154 Å². The van der Waals surface area contributed by atoms with Crippen LogP contribution >= 0.6 is 0 Å². The van der Waals surface area contributed by atoms with Crippen LogP contribution in [0, 0.1) is 13.8 Å². The first-order valence-electron chi connectivity index (χ1n) is 9.03. The number of hydrogen-bond acceptors (Lipinski definition) is 5. The molecule has 1 aliphatic carbocycles. The molecule has 1 N–H and O–H groups in total. The number of aliphatic imine (C=N–C) groups is 2. The summed E-state index contributed by atoms with van der Waals surface area (Å²) in [4.78, 5) is 13.4. The molecule has 5 nitrogen and oxygen atoms in total. The SMILES string of the molecule is Cc1cncc(C=NC2CCCCC2N=Cc2cccc(C)c2O)c1[O-]. The Bertz CT molecular complexity index is 761. The van der Waals surface area contributed by atoms with E-state index < -0.39 is 0 Å². The van der Waals surface area contributed by atoms with Crippen molar-refractivity contribution in [3.05, 3.63) is 52.8 Å². The van der Waals surface area contributed by atoms with Crippen LogP contribution in [0.3, 0.4) is 0 Å². The number of nitrogens with zero attached hydrogens (tertiary/aromatic N) is 3. The molecule has 3 rings (SSSR count). The number of phenols is 1. The van der Waals surface area contributed by atoms with Crippen LogP contribution in [0.25, 0.3) is 0 Å². The van der Waals surface area contributed by atoms with Gasteiger partial charge in [0, 0.05) is 35.9 Å². The van der Waals surface area contributed by atoms with Gasteiger partial charge >= 0.3 is 0 Å². The first-order chi connectivity index (χ1) is 12.6. The summed E-state index contributed by atoms with van der Waals surface area (Å²) in [5.74, 6) is 0.248. The summed E-state index contributed by atoms with van der Waals surface area (Å²) >= 11 is 0. The van der Waals surface area contributed by atoms with Crippen LogP contribution in [0.1, 0.15) is 47.9 Å². The summed E-state index contributed by atoms with van der Waals surface area (Å²) < 4.78 is 0. The van der Waals surface area contributed by atoms with Gasteiger partial charge in [-0.1, -0.05) is 30.7 Å². The summed E-state index contributed by atoms with van der Waals surface area (Å²) in [5.41, 5.74) is 2.71. The standard InChI is InChI=1S/C21H25N3O2/c1-14-6-5-7-16(20(14)25)12-23-18-8-3-4-9-19(18)24-13-17-11-22-10-15(2)21(17)26/h5-7,10-13,18-19,25H,3-4,8-9H2,1-2H3,(H,22,26)/p-1. The van der Waals surface area contributed by atoms with Gasteiger partial charge in [0.15, 0.2) is 0 Å². The molecule has 1 aliphatic rings. The fraction of sp³-hybridized carbons (Fsp3) is 0.381. The van der Waals surface area contributed by atoms with Crippen molar-refractivity contribution in [1.82, 2.24) is 4.98 Å². The average molecular weight is 350 g/mol. The third kappa shape index (κ3) is 4.10. The van der Waals surface area contributed by atoms with E-state index in [-0.39, 0.29) is 23.6 Å². The van der Waals surface area contributed by atoms with E-state index in [9.17, 15) is 10.2 Å². The normalized spacial score (nSPS) is 20.8. The summed E-state index contributed by atoms with van der Waals surface area (Å²) in [7, 11) is 0. The molecule has 2 unspecified atom stereocenters. The molecule has 0 bridgehead atoms. The average Bonchev–Trinajstić information content (AvgIpc) is 2.65. The molecule has 0 saturated heterocycles. The lowest BCUT2D eigenvalue weighted by Crippen LogP contribution is -2.27. The van der Waals surface area contributed by atoms with Crippen LogP contribution in [0.4, 0.5) is 0 Å². The molecule has 0 spiro atoms. The highest BCUT2D eigenvalue weighted by atomic mass is 16.3. The topological polar surface area (TPSA) is 80.9 Å². The molecular weight excluding hydrogens is 326 g/mol. The van der Waals surface area contributed by atoms with Gasteiger partial charge in [-0.2, -0.15) is 0 Å². The number of benzene rings is 1. The maximum Gasteiger partial charge on any atom is 0.127 e. The lowest BCUT2D eigenvalue weighted by molar-refractivity contribution is -0.269. The van der Waals surface area contributed by atoms with Gasteiger partial charge < -0.3 is 10.2 Å². The molecule has 1 aromatic carbocycles. The molecule has 1 heterocycles. The minimum atomic E-state index is -0.0238. The number of phenolic OH excluding ortho intramolecular Hbond substituents is 1. The Morgan fingerprint density at radius 3 is 2.35 bits per heavy atom. The highest BCUT2D eigenvalue weighted by Crippen LogP contribution is 2.26. The molecule has 5 heteroatoms. The van der Waals surface area contributed by atoms with E-state index in [1.807, 2.05) is 25.1 Å². The highest BCUT2D eigenvalue weighted by Gasteiger charge is 2.23. The second kappa shape index (κ2) is 8.13. The van der Waals surface area contributed by atoms with Crippen LogP contribution < -0.4 is 5.11 Å². The van der Waals surface area contributed by atoms with E-state index in [0.29, 0.717) is 11.1 Å². The Morgan fingerprint density at radius 2 is 1.65 bits per heavy atom. The zero-order chi connectivity index (χ0) is 18.5. The van der Waals surface area contributed by atoms with Crippen molar-refractivity contribution in [2.45, 2.75) is 51.6 Å². The van der Waals surface area contributed by atoms with Crippen LogP contribution in [0.2, 0.25) is 0 Å². The number of para-hydroxylation sites is 1. The molecular formula is C21H24N3O2-. The largest absolute Gasteiger partial charge is 0.872 e. The third-order valence-electron chi connectivity index (χ3n) is 4.88. The lowest BCUT2D eigenvalue weighted by atomic mass is 9.91. The fourth-order valence-corrected chi connectivity index (χ4v) is 3.24. The number of hydrogen-bond donors (Lipinski definition) is 1. The van der Waals surface area contributed by atoms with Gasteiger partial charge in [-0.05, 0) is 43.9 Å². The van der Waals surface area contributed by atoms with Gasteiger partial charge in [-0.25, -0.2) is 0 Å². The molecule has 2 atom stereocenters. The van der Waals surface area contributed by atoms with Gasteiger partial charge in [-0.15, -0.1) is 0 Å². The van der Waals surface area contributed by atoms with Crippen LogP contribution in [-0.2, 0) is 0 Å². The van der Waals surface area contributed by atoms with E-state index >= 15 is 0 Å². The van der Waals surface area contributed by atoms with E-state index in [4.69, 9.17) is 4.99 Å². The van der Waals surface area contributed by atoms with Gasteiger partial charge in [0.05, 0.1) is 12.1 Å². The van der Waals surface area contributed by atoms with Gasteiger partial charge in [0.25, 0.3) is 0 Å². The number of rotatable bonds is 4. The van der Waals surface area contributed by atoms with Crippen molar-refractivity contribution < 1.29 is 10.2 Å². The number of pyridine rings is 1. The van der Waals surface area contributed by atoms with Crippen LogP contribution in [0.5, 0.6) is 11.5 Å². The smallest absolute Gasteiger partial charge is 0.127 e. The van der Waals surface area contributed by atoms with Gasteiger partial charge in [0.2, 0.25) is 0 Å². The predicted molar refractivity (Wildman–Crippen MR) is 102 cm³/mol. The zero-order valence-electron chi connectivity index (χ0n) is 15.2. The van der Waals surface area contributed by atoms with Crippen molar-refractivity contribution in [2.24, 2.45) is 9.98 Å². The summed E-state index contributed by atoms with van der Waals surface area (Å²) in [6.45, 7) is 3.63. The summed E-state index contributed by atoms with van der Waals surface area (Å²) in [6.07, 6.45) is 10.7. The summed E-state index contributed by atoms with van der Waals surface area (Å²) in [5, 5.41) is 22.3. The van der Waals surface area contributed by atoms with Crippen molar-refractivity contribution in [2.75, 3.05) is 0 Å². The molecule has 1 saturated carbocycles. The van der Waals surface area contributed by atoms with Crippen LogP contribution in [-0.4, -0.2) is 34.6 Å². The molecule has 0 aliphatic heterocycles. The summed E-state index contributed by atoms with van der Waals surface area (Å²) in [6, 6.07) is 5.75. The Morgan fingerprint density at radius 1 is 1.00 bits per heavy atom. The van der Waals surface area contributed by atoms with Crippen molar-refractivity contribution in [3.8, 4) is 11.5 Å². The Balaban J connectivity index is 1.77. The van der Waals surface area contributed by atoms with Crippen molar-refractivity contribution in [1.29, 1.82) is 0 Å². The lowest BCUT2D eigenvalue weighted by Gasteiger charge is -2.25. The Kier molecular flexibility index (Phi) is 5.66. The molecule has 1 aromatic heterocycles. The van der Waals surface area contributed by atoms with E-state index in [1.54, 1.807) is 31.7 Å². The maximum absolute atomic E-state index is 12.1. The monoisotopic (exact) mass is 350 g/mol. The van der Waals surface area contributed by atoms with E-state index in [2.05, 4.69) is 9.98 Å². The second-order valence-electron chi connectivity index (χ2n) is 6.86. The fourth-order valence-electron chi connectivity index (χ4n) is 3.24. The first-order valence-corrected chi connectivity index (χ1v) is 9.03. The minimum Gasteiger partial charge on any atom is -0.872 e. The number of aromatic nitrogens is 1. The molecule has 0 radical (unpaired) electrons. The number of aryl methyl sites for hydroxylation is 2. The molecule has 2 aromatic rings. The van der Waals surface area contributed by atoms with E-state index in [1.165, 1.54) is 0 Å². The minimum absolute atomic E-state index is 0.0238. The molecule has 26 heavy (non-hydrogen) atoms. The predicted octanol–water partition coefficient (Wildman–Crippen LogP) is 3.33. The van der Waals surface area contributed by atoms with Crippen molar-refractivity contribution >= 4 is 12.4 Å². The molecule has 1 fully saturated rings. The maximum atomic E-state index is 12.1. The first kappa shape index (κ1) is 18.1. The quantitative estimate of drug-likeness (QED) is 0.859. The van der Waals surface area contributed by atoms with Gasteiger partial charge in [-0.3, -0.25) is 15.0 Å². The Hall–Kier alpha value is -2.69. The zero-order valence-corrected chi connectivity index (χ0v) is 15.2. The second-order valence-corrected chi connectivity index (χ2v) is 6.86. The van der Waals surface area contributed by atoms with Crippen LogP contribution in [0.15, 0.2) is 40.6 Å². The van der Waals surface area contributed by atoms with Crippen molar-refractivity contribution in [3.63, 3.8) is 0 Å². The molecule has 136 valence electrons. The highest BCUT2D eigenvalue weighted by molar-refractivity contribution is 5.84. The molecule has 0 amide bonds. The number of aromatic hydroxyl groups is 1. The third-order valence-corrected chi connectivity index (χ3v) is 4.88. The van der Waals surface area contributed by atoms with Gasteiger partial charge in [0.1, 0.15) is 5.75 Å².